The molecule has 0 aromatic heterocycles. The molecular weight excluding hydrogens is 172 g/mol. The minimum Gasteiger partial charge on any atom is -0.469 e. The Morgan fingerprint density at radius 2 is 1.46 bits per heavy atom. The second-order valence-electron chi connectivity index (χ2n) is 3.32. The molecule has 0 spiro atoms. The van der Waals surface area contributed by atoms with E-state index in [4.69, 9.17) is 0 Å². The van der Waals surface area contributed by atoms with E-state index in [1.165, 1.54) is 14.2 Å². The highest BCUT2D eigenvalue weighted by molar-refractivity contribution is 5.72. The molecule has 1 aliphatic carbocycles. The van der Waals surface area contributed by atoms with Crippen molar-refractivity contribution in [1.29, 1.82) is 0 Å². The van der Waals surface area contributed by atoms with Crippen LogP contribution in [0.25, 0.3) is 0 Å². The number of ether oxygens (including phenoxy) is 2. The van der Waals surface area contributed by atoms with E-state index in [-0.39, 0.29) is 11.9 Å². The van der Waals surface area contributed by atoms with Crippen LogP contribution in [0.4, 0.5) is 0 Å². The number of esters is 2. The van der Waals surface area contributed by atoms with Gasteiger partial charge in [-0.2, -0.15) is 0 Å². The first-order valence-electron chi connectivity index (χ1n) is 4.31. The van der Waals surface area contributed by atoms with Crippen LogP contribution in [-0.2, 0) is 19.1 Å². The van der Waals surface area contributed by atoms with E-state index >= 15 is 0 Å². The largest absolute Gasteiger partial charge is 0.469 e. The summed E-state index contributed by atoms with van der Waals surface area (Å²) < 4.78 is 9.05. The fourth-order valence-electron chi connectivity index (χ4n) is 1.41. The molecule has 1 aliphatic rings. The molecule has 0 unspecified atom stereocenters. The number of rotatable bonds is 4. The number of hydrogen-bond donors (Lipinski definition) is 0. The lowest BCUT2D eigenvalue weighted by molar-refractivity contribution is -0.143. The number of carbonyl (C=O) groups excluding carboxylic acids is 2. The Kier molecular flexibility index (Phi) is 3.28. The van der Waals surface area contributed by atoms with Gasteiger partial charge in [-0.3, -0.25) is 9.59 Å². The van der Waals surface area contributed by atoms with Gasteiger partial charge in [0.25, 0.3) is 0 Å². The van der Waals surface area contributed by atoms with Crippen molar-refractivity contribution in [3.63, 3.8) is 0 Å². The van der Waals surface area contributed by atoms with Gasteiger partial charge in [0, 0.05) is 12.8 Å². The Hall–Kier alpha value is -1.06. The Balaban J connectivity index is 2.15. The Morgan fingerprint density at radius 1 is 1.08 bits per heavy atom. The highest BCUT2D eigenvalue weighted by Crippen LogP contribution is 2.43. The second-order valence-corrected chi connectivity index (χ2v) is 3.32. The molecule has 0 aliphatic heterocycles. The molecule has 1 fully saturated rings. The van der Waals surface area contributed by atoms with Crippen LogP contribution >= 0.6 is 0 Å². The van der Waals surface area contributed by atoms with Gasteiger partial charge in [-0.1, -0.05) is 0 Å². The molecular formula is C9H14O4. The third-order valence-electron chi connectivity index (χ3n) is 2.38. The smallest absolute Gasteiger partial charge is 0.305 e. The molecule has 0 aromatic carbocycles. The maximum atomic E-state index is 10.8. The summed E-state index contributed by atoms with van der Waals surface area (Å²) in [5, 5.41) is 0. The monoisotopic (exact) mass is 186 g/mol. The predicted molar refractivity (Wildman–Crippen MR) is 44.9 cm³/mol. The van der Waals surface area contributed by atoms with Gasteiger partial charge in [-0.15, -0.1) is 0 Å². The molecule has 0 radical (unpaired) electrons. The average Bonchev–Trinajstić information content (AvgIpc) is 2.83. The Bertz CT molecular complexity index is 190. The number of carbonyl (C=O) groups is 2. The molecule has 0 heterocycles. The summed E-state index contributed by atoms with van der Waals surface area (Å²) in [7, 11) is 2.75. The van der Waals surface area contributed by atoms with Gasteiger partial charge < -0.3 is 9.47 Å². The highest BCUT2D eigenvalue weighted by Gasteiger charge is 2.40. The first-order valence-corrected chi connectivity index (χ1v) is 4.31. The zero-order valence-electron chi connectivity index (χ0n) is 7.91. The maximum absolute atomic E-state index is 10.8. The molecule has 2 atom stereocenters. The third-order valence-corrected chi connectivity index (χ3v) is 2.38. The summed E-state index contributed by atoms with van der Waals surface area (Å²) in [5.74, 6) is 0.257. The summed E-state index contributed by atoms with van der Waals surface area (Å²) in [6.07, 6.45) is 1.79. The molecule has 0 bridgehead atoms. The van der Waals surface area contributed by atoms with Crippen LogP contribution in [0.3, 0.4) is 0 Å². The van der Waals surface area contributed by atoms with E-state index in [2.05, 4.69) is 9.47 Å². The second kappa shape index (κ2) is 4.25. The lowest BCUT2D eigenvalue weighted by Crippen LogP contribution is -2.05. The average molecular weight is 186 g/mol. The summed E-state index contributed by atoms with van der Waals surface area (Å²) >= 11 is 0. The summed E-state index contributed by atoms with van der Waals surface area (Å²) in [6, 6.07) is 0. The van der Waals surface area contributed by atoms with Gasteiger partial charge in [0.15, 0.2) is 0 Å². The van der Waals surface area contributed by atoms with E-state index in [1.807, 2.05) is 0 Å². The fraction of sp³-hybridized carbons (Fsp3) is 0.778. The number of hydrogen-bond acceptors (Lipinski definition) is 4. The van der Waals surface area contributed by atoms with Gasteiger partial charge in [0.1, 0.15) is 0 Å². The summed E-state index contributed by atoms with van der Waals surface area (Å²) in [6.45, 7) is 0. The van der Waals surface area contributed by atoms with Crippen molar-refractivity contribution in [2.45, 2.75) is 19.3 Å². The minimum absolute atomic E-state index is 0.197. The van der Waals surface area contributed by atoms with Gasteiger partial charge >= 0.3 is 11.9 Å². The Morgan fingerprint density at radius 3 is 1.77 bits per heavy atom. The van der Waals surface area contributed by atoms with Crippen LogP contribution in [-0.4, -0.2) is 26.2 Å². The van der Waals surface area contributed by atoms with Crippen molar-refractivity contribution >= 4 is 11.9 Å². The number of methoxy groups -OCH3 is 2. The van der Waals surface area contributed by atoms with Crippen molar-refractivity contribution in [3.05, 3.63) is 0 Å². The molecule has 1 saturated carbocycles. The normalized spacial score (nSPS) is 25.1. The minimum atomic E-state index is -0.197. The van der Waals surface area contributed by atoms with Gasteiger partial charge in [0.2, 0.25) is 0 Å². The predicted octanol–water partition coefficient (Wildman–Crippen LogP) is 0.749. The van der Waals surface area contributed by atoms with Crippen molar-refractivity contribution < 1.29 is 19.1 Å². The molecule has 4 heteroatoms. The molecule has 74 valence electrons. The fourth-order valence-corrected chi connectivity index (χ4v) is 1.41. The van der Waals surface area contributed by atoms with Gasteiger partial charge in [0.05, 0.1) is 14.2 Å². The van der Waals surface area contributed by atoms with Crippen molar-refractivity contribution in [2.24, 2.45) is 11.8 Å². The van der Waals surface area contributed by atoms with E-state index in [0.29, 0.717) is 24.7 Å². The van der Waals surface area contributed by atoms with Crippen LogP contribution in [0.15, 0.2) is 0 Å². The van der Waals surface area contributed by atoms with Crippen molar-refractivity contribution in [3.8, 4) is 0 Å². The standard InChI is InChI=1S/C9H14O4/c1-12-8(10)4-6-3-7(6)5-9(11)13-2/h6-7H,3-5H2,1-2H3/t6-,7-/m0/s1. The zero-order valence-corrected chi connectivity index (χ0v) is 7.91. The van der Waals surface area contributed by atoms with Crippen LogP contribution < -0.4 is 0 Å². The van der Waals surface area contributed by atoms with Gasteiger partial charge in [-0.05, 0) is 18.3 Å². The topological polar surface area (TPSA) is 52.6 Å². The van der Waals surface area contributed by atoms with E-state index < -0.39 is 0 Å². The summed E-state index contributed by atoms with van der Waals surface area (Å²) in [5.41, 5.74) is 0. The van der Waals surface area contributed by atoms with E-state index in [1.54, 1.807) is 0 Å². The molecule has 0 aromatic rings. The molecule has 0 N–H and O–H groups in total. The third kappa shape index (κ3) is 3.05. The SMILES string of the molecule is COC(=O)C[C@@H]1C[C@H]1CC(=O)OC. The molecule has 0 amide bonds. The quantitative estimate of drug-likeness (QED) is 0.608. The van der Waals surface area contributed by atoms with Crippen LogP contribution in [0, 0.1) is 11.8 Å². The molecule has 1 rings (SSSR count). The maximum Gasteiger partial charge on any atom is 0.305 e. The van der Waals surface area contributed by atoms with E-state index in [0.717, 1.165) is 6.42 Å². The molecule has 13 heavy (non-hydrogen) atoms. The molecule has 4 nitrogen and oxygen atoms in total. The van der Waals surface area contributed by atoms with E-state index in [9.17, 15) is 9.59 Å². The first kappa shape index (κ1) is 10.0. The highest BCUT2D eigenvalue weighted by atomic mass is 16.5. The Labute approximate surface area is 77.2 Å². The molecule has 0 saturated heterocycles. The van der Waals surface area contributed by atoms with Crippen molar-refractivity contribution in [2.75, 3.05) is 14.2 Å². The van der Waals surface area contributed by atoms with Gasteiger partial charge in [-0.25, -0.2) is 0 Å². The lowest BCUT2D eigenvalue weighted by Gasteiger charge is -1.98. The summed E-state index contributed by atoms with van der Waals surface area (Å²) in [4.78, 5) is 21.6. The van der Waals surface area contributed by atoms with Crippen LogP contribution in [0.2, 0.25) is 0 Å². The lowest BCUT2D eigenvalue weighted by atomic mass is 10.2. The van der Waals surface area contributed by atoms with Crippen LogP contribution in [0.1, 0.15) is 19.3 Å². The van der Waals surface area contributed by atoms with Crippen molar-refractivity contribution in [1.82, 2.24) is 0 Å². The zero-order chi connectivity index (χ0) is 9.84. The van der Waals surface area contributed by atoms with Crippen LogP contribution in [0.5, 0.6) is 0 Å². The first-order chi connectivity index (χ1) is 6.17.